The predicted molar refractivity (Wildman–Crippen MR) is 94.9 cm³/mol. The van der Waals surface area contributed by atoms with Gasteiger partial charge in [-0.05, 0) is 30.7 Å². The largest absolute Gasteiger partial charge is 0.384 e. The Bertz CT molecular complexity index is 661. The maximum Gasteiger partial charge on any atom is 0.133 e. The number of benzene rings is 1. The number of halogens is 2. The van der Waals surface area contributed by atoms with Crippen molar-refractivity contribution in [1.29, 1.82) is 0 Å². The number of carbonyl (C=O) groups excluding carboxylic acids is 1. The van der Waals surface area contributed by atoms with Gasteiger partial charge in [-0.25, -0.2) is 0 Å². The SMILES string of the molecule is C=C.CC(=O)CC(O)(Cc1ccc(Cl)cc1Cl)c1cccnc1. The number of carbonyl (C=O) groups is 1. The topological polar surface area (TPSA) is 50.2 Å². The van der Waals surface area contributed by atoms with E-state index in [1.54, 1.807) is 42.7 Å². The molecule has 0 radical (unpaired) electrons. The number of aliphatic hydroxyl groups is 1. The second-order valence-corrected chi connectivity index (χ2v) is 5.91. The monoisotopic (exact) mass is 351 g/mol. The van der Waals surface area contributed by atoms with E-state index in [1.807, 2.05) is 0 Å². The summed E-state index contributed by atoms with van der Waals surface area (Å²) in [4.78, 5) is 15.5. The highest BCUT2D eigenvalue weighted by atomic mass is 35.5. The van der Waals surface area contributed by atoms with E-state index in [0.29, 0.717) is 15.6 Å². The van der Waals surface area contributed by atoms with Crippen LogP contribution in [0.5, 0.6) is 0 Å². The third kappa shape index (κ3) is 5.47. The van der Waals surface area contributed by atoms with Crippen LogP contribution < -0.4 is 0 Å². The molecular formula is C18H19Cl2NO2. The highest BCUT2D eigenvalue weighted by Crippen LogP contribution is 2.32. The first-order valence-electron chi connectivity index (χ1n) is 6.97. The first kappa shape index (κ1) is 19.4. The second kappa shape index (κ2) is 8.82. The first-order chi connectivity index (χ1) is 10.9. The van der Waals surface area contributed by atoms with Crippen molar-refractivity contribution in [3.63, 3.8) is 0 Å². The van der Waals surface area contributed by atoms with Gasteiger partial charge >= 0.3 is 0 Å². The molecule has 1 atom stereocenters. The molecule has 2 aromatic rings. The fourth-order valence-corrected chi connectivity index (χ4v) is 2.77. The minimum atomic E-state index is -1.34. The Balaban J connectivity index is 0.00000127. The molecule has 0 spiro atoms. The third-order valence-corrected chi connectivity index (χ3v) is 3.83. The molecule has 0 saturated carbocycles. The Labute approximate surface area is 146 Å². The van der Waals surface area contributed by atoms with E-state index in [4.69, 9.17) is 23.2 Å². The number of rotatable bonds is 5. The van der Waals surface area contributed by atoms with Crippen LogP contribution in [0.25, 0.3) is 0 Å². The zero-order chi connectivity index (χ0) is 17.5. The molecule has 1 aromatic carbocycles. The van der Waals surface area contributed by atoms with Gasteiger partial charge in [0.15, 0.2) is 0 Å². The van der Waals surface area contributed by atoms with Gasteiger partial charge in [0.1, 0.15) is 11.4 Å². The molecular weight excluding hydrogens is 333 g/mol. The molecule has 0 aliphatic heterocycles. The molecule has 0 amide bonds. The molecule has 1 aromatic heterocycles. The summed E-state index contributed by atoms with van der Waals surface area (Å²) in [6.07, 6.45) is 3.39. The lowest BCUT2D eigenvalue weighted by Crippen LogP contribution is -2.31. The summed E-state index contributed by atoms with van der Waals surface area (Å²) in [6.45, 7) is 7.45. The Morgan fingerprint density at radius 3 is 2.52 bits per heavy atom. The van der Waals surface area contributed by atoms with E-state index in [0.717, 1.165) is 5.56 Å². The molecule has 0 aliphatic rings. The standard InChI is InChI=1S/C16H15Cl2NO2.C2H4/c1-11(20)8-16(21,13-3-2-6-19-10-13)9-12-4-5-14(17)7-15(12)18;1-2/h2-7,10,21H,8-9H2,1H3;1-2H2. The zero-order valence-electron chi connectivity index (χ0n) is 12.9. The zero-order valence-corrected chi connectivity index (χ0v) is 14.4. The van der Waals surface area contributed by atoms with Crippen molar-refractivity contribution < 1.29 is 9.90 Å². The van der Waals surface area contributed by atoms with Gasteiger partial charge in [0, 0.05) is 40.8 Å². The first-order valence-corrected chi connectivity index (χ1v) is 7.72. The van der Waals surface area contributed by atoms with Crippen LogP contribution in [-0.4, -0.2) is 15.9 Å². The number of ketones is 1. The molecule has 0 saturated heterocycles. The molecule has 0 aliphatic carbocycles. The fourth-order valence-electron chi connectivity index (χ4n) is 2.30. The van der Waals surface area contributed by atoms with Gasteiger partial charge in [0.2, 0.25) is 0 Å². The van der Waals surface area contributed by atoms with Gasteiger partial charge in [0.25, 0.3) is 0 Å². The van der Waals surface area contributed by atoms with E-state index in [-0.39, 0.29) is 18.6 Å². The van der Waals surface area contributed by atoms with Gasteiger partial charge in [-0.1, -0.05) is 35.3 Å². The summed E-state index contributed by atoms with van der Waals surface area (Å²) in [5, 5.41) is 11.9. The summed E-state index contributed by atoms with van der Waals surface area (Å²) in [7, 11) is 0. The Kier molecular flexibility index (Phi) is 7.43. The average Bonchev–Trinajstić information content (AvgIpc) is 2.52. The maximum absolute atomic E-state index is 11.5. The van der Waals surface area contributed by atoms with Crippen LogP contribution in [-0.2, 0) is 16.8 Å². The van der Waals surface area contributed by atoms with Crippen LogP contribution in [0, 0.1) is 0 Å². The normalized spacial score (nSPS) is 12.7. The molecule has 3 nitrogen and oxygen atoms in total. The van der Waals surface area contributed by atoms with Crippen molar-refractivity contribution >= 4 is 29.0 Å². The minimum absolute atomic E-state index is 0.00233. The van der Waals surface area contributed by atoms with E-state index in [1.165, 1.54) is 6.92 Å². The average molecular weight is 352 g/mol. The summed E-state index contributed by atoms with van der Waals surface area (Å²) in [6, 6.07) is 8.56. The number of aromatic nitrogens is 1. The number of pyridine rings is 1. The van der Waals surface area contributed by atoms with Crippen molar-refractivity contribution in [2.24, 2.45) is 0 Å². The van der Waals surface area contributed by atoms with Crippen molar-refractivity contribution in [1.82, 2.24) is 4.98 Å². The molecule has 1 N–H and O–H groups in total. The highest BCUT2D eigenvalue weighted by Gasteiger charge is 2.32. The number of hydrogen-bond acceptors (Lipinski definition) is 3. The molecule has 2 rings (SSSR count). The fraction of sp³-hybridized carbons (Fsp3) is 0.222. The molecule has 0 fully saturated rings. The lowest BCUT2D eigenvalue weighted by Gasteiger charge is -2.28. The molecule has 1 unspecified atom stereocenters. The summed E-state index contributed by atoms with van der Waals surface area (Å²) in [5.41, 5.74) is -0.0164. The molecule has 5 heteroatoms. The lowest BCUT2D eigenvalue weighted by atomic mass is 9.84. The van der Waals surface area contributed by atoms with Gasteiger partial charge in [0.05, 0.1) is 0 Å². The van der Waals surface area contributed by atoms with Gasteiger partial charge < -0.3 is 5.11 Å². The van der Waals surface area contributed by atoms with Gasteiger partial charge in [-0.3, -0.25) is 9.78 Å². The van der Waals surface area contributed by atoms with Crippen molar-refractivity contribution in [3.8, 4) is 0 Å². The van der Waals surface area contributed by atoms with Crippen LogP contribution in [0.15, 0.2) is 55.9 Å². The Hall–Kier alpha value is -1.68. The highest BCUT2D eigenvalue weighted by molar-refractivity contribution is 6.35. The maximum atomic E-state index is 11.5. The van der Waals surface area contributed by atoms with Crippen molar-refractivity contribution in [2.45, 2.75) is 25.4 Å². The minimum Gasteiger partial charge on any atom is -0.384 e. The predicted octanol–water partition coefficient (Wildman–Crippen LogP) is 4.60. The third-order valence-electron chi connectivity index (χ3n) is 3.24. The van der Waals surface area contributed by atoms with Crippen LogP contribution >= 0.6 is 23.2 Å². The lowest BCUT2D eigenvalue weighted by molar-refractivity contribution is -0.122. The quantitative estimate of drug-likeness (QED) is 0.800. The number of Topliss-reactive ketones (excluding diaryl/α,β-unsaturated/α-hetero) is 1. The summed E-state index contributed by atoms with van der Waals surface area (Å²) in [5.74, 6) is -0.105. The molecule has 1 heterocycles. The van der Waals surface area contributed by atoms with E-state index >= 15 is 0 Å². The van der Waals surface area contributed by atoms with Crippen LogP contribution in [0.1, 0.15) is 24.5 Å². The molecule has 122 valence electrons. The van der Waals surface area contributed by atoms with Crippen molar-refractivity contribution in [3.05, 3.63) is 77.1 Å². The second-order valence-electron chi connectivity index (χ2n) is 5.06. The summed E-state index contributed by atoms with van der Waals surface area (Å²) >= 11 is 12.0. The van der Waals surface area contributed by atoms with E-state index in [2.05, 4.69) is 18.1 Å². The van der Waals surface area contributed by atoms with E-state index in [9.17, 15) is 9.90 Å². The van der Waals surface area contributed by atoms with Crippen molar-refractivity contribution in [2.75, 3.05) is 0 Å². The summed E-state index contributed by atoms with van der Waals surface area (Å²) < 4.78 is 0. The van der Waals surface area contributed by atoms with Crippen LogP contribution in [0.2, 0.25) is 10.0 Å². The van der Waals surface area contributed by atoms with E-state index < -0.39 is 5.60 Å². The van der Waals surface area contributed by atoms with Crippen LogP contribution in [0.3, 0.4) is 0 Å². The Morgan fingerprint density at radius 2 is 2.00 bits per heavy atom. The number of nitrogens with zero attached hydrogens (tertiary/aromatic N) is 1. The van der Waals surface area contributed by atoms with Gasteiger partial charge in [-0.2, -0.15) is 0 Å². The Morgan fingerprint density at radius 1 is 1.30 bits per heavy atom. The molecule has 23 heavy (non-hydrogen) atoms. The van der Waals surface area contributed by atoms with Crippen LogP contribution in [0.4, 0.5) is 0 Å². The van der Waals surface area contributed by atoms with Gasteiger partial charge in [-0.15, -0.1) is 13.2 Å². The smallest absolute Gasteiger partial charge is 0.133 e. The molecule has 0 bridgehead atoms. The number of hydrogen-bond donors (Lipinski definition) is 1.